The molecule has 23 heavy (non-hydrogen) atoms. The van der Waals surface area contributed by atoms with Crippen LogP contribution in [-0.2, 0) is 4.74 Å². The molecule has 3 rings (SSSR count). The molecule has 0 aliphatic carbocycles. The minimum Gasteiger partial charge on any atom is -0.394 e. The second-order valence-electron chi connectivity index (χ2n) is 5.00. The number of aliphatic hydroxyl groups excluding tert-OH is 3. The smallest absolute Gasteiger partial charge is 0.278 e. The molecule has 3 heterocycles. The Balaban J connectivity index is 2.13. The molecule has 1 aliphatic heterocycles. The fraction of sp³-hybridized carbons (Fsp3) is 0.462. The number of aromatic amines is 1. The van der Waals surface area contributed by atoms with Gasteiger partial charge in [-0.3, -0.25) is 9.36 Å². The highest BCUT2D eigenvalue weighted by atomic mass is 32.2. The molecular formula is C13H16N4O5S. The van der Waals surface area contributed by atoms with Crippen LogP contribution in [0, 0.1) is 0 Å². The first kappa shape index (κ1) is 16.1. The SMILES string of the molecule is C=CCSc1nc2c(=O)[nH]cnc2n1[C@@H]1O[C@@H](CO)[C@@H](O)[C@H]1O. The molecule has 2 aromatic rings. The van der Waals surface area contributed by atoms with Crippen molar-refractivity contribution in [1.82, 2.24) is 19.5 Å². The zero-order valence-electron chi connectivity index (χ0n) is 12.0. The molecule has 0 aromatic carbocycles. The van der Waals surface area contributed by atoms with Crippen LogP contribution in [0.3, 0.4) is 0 Å². The molecule has 1 aliphatic rings. The molecule has 4 N–H and O–H groups in total. The van der Waals surface area contributed by atoms with Crippen molar-refractivity contribution in [3.8, 4) is 0 Å². The number of hydrogen-bond acceptors (Lipinski definition) is 8. The van der Waals surface area contributed by atoms with Crippen molar-refractivity contribution >= 4 is 22.9 Å². The standard InChI is InChI=1S/C13H16N4O5S/c1-2-3-23-13-16-7-10(14-5-15-11(7)21)17(13)12-9(20)8(19)6(4-18)22-12/h2,5-6,8-9,12,18-20H,1,3-4H2,(H,14,15,21)/t6-,8+,9+,12+/m0/s1. The molecule has 1 fully saturated rings. The van der Waals surface area contributed by atoms with Crippen LogP contribution >= 0.6 is 11.8 Å². The lowest BCUT2D eigenvalue weighted by atomic mass is 10.1. The Kier molecular flexibility index (Phi) is 4.50. The van der Waals surface area contributed by atoms with E-state index in [-0.39, 0.29) is 11.2 Å². The minimum atomic E-state index is -1.28. The van der Waals surface area contributed by atoms with Crippen LogP contribution in [0.4, 0.5) is 0 Å². The van der Waals surface area contributed by atoms with E-state index < -0.39 is 36.7 Å². The predicted octanol–water partition coefficient (Wildman–Crippen LogP) is -0.991. The largest absolute Gasteiger partial charge is 0.394 e. The number of nitrogens with zero attached hydrogens (tertiary/aromatic N) is 3. The molecule has 124 valence electrons. The van der Waals surface area contributed by atoms with Gasteiger partial charge in [-0.25, -0.2) is 9.97 Å². The van der Waals surface area contributed by atoms with E-state index in [9.17, 15) is 20.1 Å². The molecular weight excluding hydrogens is 324 g/mol. The van der Waals surface area contributed by atoms with Gasteiger partial charge < -0.3 is 25.0 Å². The van der Waals surface area contributed by atoms with Gasteiger partial charge in [0.2, 0.25) is 0 Å². The lowest BCUT2D eigenvalue weighted by Gasteiger charge is -2.18. The summed E-state index contributed by atoms with van der Waals surface area (Å²) < 4.78 is 6.99. The topological polar surface area (TPSA) is 133 Å². The van der Waals surface area contributed by atoms with Gasteiger partial charge in [-0.1, -0.05) is 17.8 Å². The van der Waals surface area contributed by atoms with Crippen LogP contribution in [0.15, 0.2) is 28.9 Å². The number of thioether (sulfide) groups is 1. The fourth-order valence-corrected chi connectivity index (χ4v) is 3.21. The molecule has 0 amide bonds. The quantitative estimate of drug-likeness (QED) is 0.403. The van der Waals surface area contributed by atoms with E-state index in [0.29, 0.717) is 10.9 Å². The van der Waals surface area contributed by atoms with Crippen molar-refractivity contribution in [2.75, 3.05) is 12.4 Å². The van der Waals surface area contributed by atoms with Crippen molar-refractivity contribution < 1.29 is 20.1 Å². The zero-order valence-corrected chi connectivity index (χ0v) is 12.8. The second kappa shape index (κ2) is 6.42. The molecule has 1 saturated heterocycles. The van der Waals surface area contributed by atoms with Crippen LogP contribution in [0.1, 0.15) is 6.23 Å². The van der Waals surface area contributed by atoms with Gasteiger partial charge >= 0.3 is 0 Å². The van der Waals surface area contributed by atoms with Crippen LogP contribution in [0.5, 0.6) is 0 Å². The Morgan fingerprint density at radius 1 is 1.48 bits per heavy atom. The maximum atomic E-state index is 11.9. The van der Waals surface area contributed by atoms with Gasteiger partial charge in [-0.2, -0.15) is 0 Å². The first-order valence-electron chi connectivity index (χ1n) is 6.90. The summed E-state index contributed by atoms with van der Waals surface area (Å²) in [5.74, 6) is 0.524. The Labute approximate surface area is 134 Å². The van der Waals surface area contributed by atoms with Crippen LogP contribution in [-0.4, -0.2) is 65.5 Å². The molecule has 0 saturated carbocycles. The highest BCUT2D eigenvalue weighted by Gasteiger charge is 2.45. The summed E-state index contributed by atoms with van der Waals surface area (Å²) in [5.41, 5.74) is -0.0760. The zero-order chi connectivity index (χ0) is 16.6. The maximum Gasteiger partial charge on any atom is 0.278 e. The number of imidazole rings is 1. The number of hydrogen-bond donors (Lipinski definition) is 4. The van der Waals surface area contributed by atoms with E-state index in [4.69, 9.17) is 4.74 Å². The van der Waals surface area contributed by atoms with Crippen molar-refractivity contribution in [2.24, 2.45) is 0 Å². The number of aromatic nitrogens is 4. The summed E-state index contributed by atoms with van der Waals surface area (Å²) in [6, 6.07) is 0. The van der Waals surface area contributed by atoms with E-state index >= 15 is 0 Å². The Morgan fingerprint density at radius 2 is 2.26 bits per heavy atom. The summed E-state index contributed by atoms with van der Waals surface area (Å²) in [6.45, 7) is 3.19. The van der Waals surface area contributed by atoms with Crippen LogP contribution in [0.25, 0.3) is 11.2 Å². The van der Waals surface area contributed by atoms with E-state index in [1.165, 1.54) is 22.7 Å². The summed E-state index contributed by atoms with van der Waals surface area (Å²) in [5, 5.41) is 29.8. The van der Waals surface area contributed by atoms with Crippen LogP contribution < -0.4 is 5.56 Å². The minimum absolute atomic E-state index is 0.108. The van der Waals surface area contributed by atoms with Gasteiger partial charge in [-0.05, 0) is 0 Å². The first-order valence-corrected chi connectivity index (χ1v) is 7.88. The van der Waals surface area contributed by atoms with Gasteiger partial charge in [0.25, 0.3) is 5.56 Å². The predicted molar refractivity (Wildman–Crippen MR) is 82.1 cm³/mol. The van der Waals surface area contributed by atoms with E-state index in [0.717, 1.165) is 0 Å². The molecule has 0 unspecified atom stereocenters. The monoisotopic (exact) mass is 340 g/mol. The van der Waals surface area contributed by atoms with Crippen molar-refractivity contribution in [2.45, 2.75) is 29.7 Å². The van der Waals surface area contributed by atoms with Crippen LogP contribution in [0.2, 0.25) is 0 Å². The summed E-state index contributed by atoms with van der Waals surface area (Å²) in [7, 11) is 0. The van der Waals surface area contributed by atoms with Gasteiger partial charge in [0, 0.05) is 5.75 Å². The summed E-state index contributed by atoms with van der Waals surface area (Å²) >= 11 is 1.29. The first-order chi connectivity index (χ1) is 11.1. The van der Waals surface area contributed by atoms with E-state index in [1.807, 2.05) is 0 Å². The number of aliphatic hydroxyl groups is 3. The molecule has 9 nitrogen and oxygen atoms in total. The number of fused-ring (bicyclic) bond motifs is 1. The third kappa shape index (κ3) is 2.68. The lowest BCUT2D eigenvalue weighted by molar-refractivity contribution is -0.0548. The Morgan fingerprint density at radius 3 is 2.91 bits per heavy atom. The average Bonchev–Trinajstić information content (AvgIpc) is 3.05. The second-order valence-corrected chi connectivity index (χ2v) is 5.98. The lowest BCUT2D eigenvalue weighted by Crippen LogP contribution is -2.33. The third-order valence-corrected chi connectivity index (χ3v) is 4.50. The van der Waals surface area contributed by atoms with Gasteiger partial charge in [0.1, 0.15) is 18.3 Å². The molecule has 0 spiro atoms. The van der Waals surface area contributed by atoms with Gasteiger partial charge in [0.15, 0.2) is 22.5 Å². The number of rotatable bonds is 5. The van der Waals surface area contributed by atoms with Crippen molar-refractivity contribution in [3.63, 3.8) is 0 Å². The highest BCUT2D eigenvalue weighted by molar-refractivity contribution is 7.99. The molecule has 0 bridgehead atoms. The van der Waals surface area contributed by atoms with Crippen molar-refractivity contribution in [1.29, 1.82) is 0 Å². The Bertz CT molecular complexity index is 775. The molecule has 2 aromatic heterocycles. The maximum absolute atomic E-state index is 11.9. The fourth-order valence-electron chi connectivity index (χ4n) is 2.46. The average molecular weight is 340 g/mol. The van der Waals surface area contributed by atoms with Gasteiger partial charge in [0.05, 0.1) is 12.9 Å². The molecule has 0 radical (unpaired) electrons. The normalized spacial score (nSPS) is 27.6. The molecule has 10 heteroatoms. The highest BCUT2D eigenvalue weighted by Crippen LogP contribution is 2.34. The summed E-state index contributed by atoms with van der Waals surface area (Å²) in [6.07, 6.45) is -1.56. The summed E-state index contributed by atoms with van der Waals surface area (Å²) in [4.78, 5) is 22.7. The van der Waals surface area contributed by atoms with E-state index in [2.05, 4.69) is 21.5 Å². The number of ether oxygens (including phenoxy) is 1. The molecule has 4 atom stereocenters. The third-order valence-electron chi connectivity index (χ3n) is 3.55. The van der Waals surface area contributed by atoms with Crippen molar-refractivity contribution in [3.05, 3.63) is 29.3 Å². The number of nitrogens with one attached hydrogen (secondary N) is 1. The number of H-pyrrole nitrogens is 1. The van der Waals surface area contributed by atoms with Gasteiger partial charge in [-0.15, -0.1) is 6.58 Å². The van der Waals surface area contributed by atoms with E-state index in [1.54, 1.807) is 6.08 Å². The Hall–Kier alpha value is -1.72.